The van der Waals surface area contributed by atoms with E-state index in [1.165, 1.54) is 0 Å². The first-order valence-corrected chi connectivity index (χ1v) is 2.87. The summed E-state index contributed by atoms with van der Waals surface area (Å²) >= 11 is 0. The molecule has 0 fully saturated rings. The molecule has 0 amide bonds. The molecule has 2 N–H and O–H groups in total. The maximum Gasteiger partial charge on any atom is 0.453 e. The van der Waals surface area contributed by atoms with E-state index >= 15 is 0 Å². The van der Waals surface area contributed by atoms with E-state index < -0.39 is 23.3 Å². The van der Waals surface area contributed by atoms with Gasteiger partial charge in [-0.1, -0.05) is 5.10 Å². The number of hydrogen-bond donors (Lipinski definition) is 2. The minimum absolute atomic E-state index is 0.103. The Bertz CT molecular complexity index is 319. The van der Waals surface area contributed by atoms with Crippen LogP contribution in [0.15, 0.2) is 0 Å². The highest BCUT2D eigenvalue weighted by Crippen LogP contribution is 2.01. The maximum absolute atomic E-state index is 10.1. The zero-order valence-electron chi connectivity index (χ0n) is 5.72. The van der Waals surface area contributed by atoms with Gasteiger partial charge in [0.2, 0.25) is 0 Å². The number of H-pyrrole nitrogens is 1. The summed E-state index contributed by atoms with van der Waals surface area (Å²) in [7, 11) is 0. The van der Waals surface area contributed by atoms with E-state index in [1.807, 2.05) is 5.10 Å². The number of nitro groups is 1. The third-order valence-electron chi connectivity index (χ3n) is 1.00. The summed E-state index contributed by atoms with van der Waals surface area (Å²) in [6.45, 7) is 0. The first-order valence-electron chi connectivity index (χ1n) is 2.87. The molecule has 1 heterocycles. The molecular formula is C4H4N4O4. The second-order valence-corrected chi connectivity index (χ2v) is 1.90. The molecule has 1 rings (SSSR count). The number of carbonyl (C=O) groups is 1. The molecule has 0 atom stereocenters. The molecule has 0 radical (unpaired) electrons. The standard InChI is InChI=1S/C4H4N4O4/c9-3(10)1-2-5-4(7-6-2)8(11)12/h1H2,(H,9,10)(H,5,6,7). The van der Waals surface area contributed by atoms with Gasteiger partial charge in [-0.15, -0.1) is 5.10 Å². The molecule has 8 nitrogen and oxygen atoms in total. The lowest BCUT2D eigenvalue weighted by molar-refractivity contribution is -0.394. The topological polar surface area (TPSA) is 122 Å². The van der Waals surface area contributed by atoms with Crippen molar-refractivity contribution >= 4 is 11.9 Å². The molecule has 0 aliphatic heterocycles. The lowest BCUT2D eigenvalue weighted by atomic mass is 10.4. The Labute approximate surface area is 65.4 Å². The van der Waals surface area contributed by atoms with Crippen LogP contribution in [0.2, 0.25) is 0 Å². The molecule has 0 spiro atoms. The number of carboxylic acids is 1. The third-order valence-corrected chi connectivity index (χ3v) is 1.00. The molecule has 1 aromatic rings. The summed E-state index contributed by atoms with van der Waals surface area (Å²) in [5.41, 5.74) is 0. The molecule has 0 aromatic carbocycles. The Morgan fingerprint density at radius 3 is 2.83 bits per heavy atom. The monoisotopic (exact) mass is 172 g/mol. The zero-order valence-corrected chi connectivity index (χ0v) is 5.72. The van der Waals surface area contributed by atoms with E-state index in [-0.39, 0.29) is 5.82 Å². The Hall–Kier alpha value is -1.99. The van der Waals surface area contributed by atoms with Gasteiger partial charge in [-0.3, -0.25) is 4.79 Å². The van der Waals surface area contributed by atoms with Crippen molar-refractivity contribution < 1.29 is 14.8 Å². The van der Waals surface area contributed by atoms with Gasteiger partial charge in [0.05, 0.1) is 0 Å². The van der Waals surface area contributed by atoms with Crippen LogP contribution in [-0.2, 0) is 11.2 Å². The van der Waals surface area contributed by atoms with Gasteiger partial charge in [0.25, 0.3) is 5.82 Å². The highest BCUT2D eigenvalue weighted by Gasteiger charge is 2.15. The van der Waals surface area contributed by atoms with Crippen LogP contribution in [0.1, 0.15) is 5.82 Å². The lowest BCUT2D eigenvalue weighted by Crippen LogP contribution is -2.01. The second-order valence-electron chi connectivity index (χ2n) is 1.90. The van der Waals surface area contributed by atoms with Crippen molar-refractivity contribution in [3.05, 3.63) is 15.9 Å². The van der Waals surface area contributed by atoms with Gasteiger partial charge in [-0.25, -0.2) is 0 Å². The smallest absolute Gasteiger partial charge is 0.453 e. The lowest BCUT2D eigenvalue weighted by Gasteiger charge is -1.83. The van der Waals surface area contributed by atoms with Gasteiger partial charge < -0.3 is 15.2 Å². The van der Waals surface area contributed by atoms with E-state index in [2.05, 4.69) is 10.1 Å². The highest BCUT2D eigenvalue weighted by atomic mass is 16.6. The zero-order chi connectivity index (χ0) is 9.14. The average molecular weight is 172 g/mol. The van der Waals surface area contributed by atoms with Gasteiger partial charge in [0.1, 0.15) is 6.42 Å². The SMILES string of the molecule is O=C(O)Cc1n[nH]c([N+](=O)[O-])n1. The van der Waals surface area contributed by atoms with Crippen molar-refractivity contribution in [1.82, 2.24) is 15.2 Å². The van der Waals surface area contributed by atoms with Crippen molar-refractivity contribution in [3.8, 4) is 0 Å². The van der Waals surface area contributed by atoms with Crippen LogP contribution < -0.4 is 0 Å². The number of nitrogens with one attached hydrogen (secondary N) is 1. The van der Waals surface area contributed by atoms with Gasteiger partial charge in [0.15, 0.2) is 0 Å². The number of nitrogens with zero attached hydrogens (tertiary/aromatic N) is 3. The number of aromatic amines is 1. The minimum atomic E-state index is -1.14. The normalized spacial score (nSPS) is 9.67. The van der Waals surface area contributed by atoms with Crippen LogP contribution >= 0.6 is 0 Å². The van der Waals surface area contributed by atoms with Crippen LogP contribution in [0, 0.1) is 10.1 Å². The predicted octanol–water partition coefficient (Wildman–Crippen LogP) is -0.660. The molecule has 0 bridgehead atoms. The van der Waals surface area contributed by atoms with E-state index in [4.69, 9.17) is 5.11 Å². The van der Waals surface area contributed by atoms with Crippen molar-refractivity contribution in [2.45, 2.75) is 6.42 Å². The largest absolute Gasteiger partial charge is 0.481 e. The van der Waals surface area contributed by atoms with Crippen LogP contribution in [0.4, 0.5) is 5.95 Å². The predicted molar refractivity (Wildman–Crippen MR) is 34.4 cm³/mol. The molecule has 0 saturated heterocycles. The van der Waals surface area contributed by atoms with Crippen LogP contribution in [0.25, 0.3) is 0 Å². The van der Waals surface area contributed by atoms with Crippen LogP contribution in [0.5, 0.6) is 0 Å². The summed E-state index contributed by atoms with van der Waals surface area (Å²) in [6, 6.07) is 0. The first-order chi connectivity index (χ1) is 5.59. The fourth-order valence-corrected chi connectivity index (χ4v) is 0.583. The summed E-state index contributed by atoms with van der Waals surface area (Å²) in [6.07, 6.45) is -0.426. The average Bonchev–Trinajstić information content (AvgIpc) is 2.34. The Morgan fingerprint density at radius 1 is 1.75 bits per heavy atom. The fourth-order valence-electron chi connectivity index (χ4n) is 0.583. The Kier molecular flexibility index (Phi) is 1.99. The number of hydrogen-bond acceptors (Lipinski definition) is 5. The number of aliphatic carboxylic acids is 1. The van der Waals surface area contributed by atoms with Gasteiger partial charge in [0, 0.05) is 0 Å². The summed E-state index contributed by atoms with van der Waals surface area (Å²) in [4.78, 5) is 22.6. The summed E-state index contributed by atoms with van der Waals surface area (Å²) in [5, 5.41) is 23.6. The molecule has 12 heavy (non-hydrogen) atoms. The number of carboxylic acid groups (broad SMARTS) is 1. The number of rotatable bonds is 3. The molecule has 8 heteroatoms. The molecule has 0 aliphatic carbocycles. The quantitative estimate of drug-likeness (QED) is 0.460. The molecule has 0 unspecified atom stereocenters. The van der Waals surface area contributed by atoms with Gasteiger partial charge in [-0.05, 0) is 9.91 Å². The summed E-state index contributed by atoms with van der Waals surface area (Å²) < 4.78 is 0. The van der Waals surface area contributed by atoms with Crippen molar-refractivity contribution in [1.29, 1.82) is 0 Å². The molecular weight excluding hydrogens is 168 g/mol. The third kappa shape index (κ3) is 1.75. The Morgan fingerprint density at radius 2 is 2.42 bits per heavy atom. The first kappa shape index (κ1) is 8.11. The number of aromatic nitrogens is 3. The minimum Gasteiger partial charge on any atom is -0.481 e. The second kappa shape index (κ2) is 2.95. The van der Waals surface area contributed by atoms with E-state index in [1.54, 1.807) is 0 Å². The van der Waals surface area contributed by atoms with E-state index in [0.29, 0.717) is 0 Å². The molecule has 1 aromatic heterocycles. The maximum atomic E-state index is 10.1. The van der Waals surface area contributed by atoms with Crippen molar-refractivity contribution in [3.63, 3.8) is 0 Å². The molecule has 0 aliphatic rings. The van der Waals surface area contributed by atoms with E-state index in [9.17, 15) is 14.9 Å². The molecule has 0 saturated carbocycles. The van der Waals surface area contributed by atoms with Crippen molar-refractivity contribution in [2.75, 3.05) is 0 Å². The fraction of sp³-hybridized carbons (Fsp3) is 0.250. The molecule has 64 valence electrons. The van der Waals surface area contributed by atoms with Gasteiger partial charge in [-0.2, -0.15) is 0 Å². The Balaban J connectivity index is 2.77. The van der Waals surface area contributed by atoms with Crippen LogP contribution in [0.3, 0.4) is 0 Å². The highest BCUT2D eigenvalue weighted by molar-refractivity contribution is 5.68. The van der Waals surface area contributed by atoms with Crippen molar-refractivity contribution in [2.24, 2.45) is 0 Å². The van der Waals surface area contributed by atoms with Gasteiger partial charge >= 0.3 is 11.9 Å². The summed E-state index contributed by atoms with van der Waals surface area (Å²) in [5.74, 6) is -1.79. The van der Waals surface area contributed by atoms with E-state index in [0.717, 1.165) is 0 Å². The van der Waals surface area contributed by atoms with Crippen LogP contribution in [-0.4, -0.2) is 31.2 Å².